The van der Waals surface area contributed by atoms with Gasteiger partial charge in [0, 0.05) is 25.5 Å². The number of anilines is 1. The highest BCUT2D eigenvalue weighted by molar-refractivity contribution is 5.33. The highest BCUT2D eigenvalue weighted by Crippen LogP contribution is 2.09. The Bertz CT molecular complexity index is 499. The summed E-state index contributed by atoms with van der Waals surface area (Å²) in [6.07, 6.45) is 5.09. The lowest BCUT2D eigenvalue weighted by atomic mass is 10.1. The van der Waals surface area contributed by atoms with Crippen molar-refractivity contribution in [2.24, 2.45) is 0 Å². The van der Waals surface area contributed by atoms with E-state index in [1.54, 1.807) is 18.6 Å². The first-order valence-electron chi connectivity index (χ1n) is 6.54. The molecule has 0 bridgehead atoms. The second kappa shape index (κ2) is 6.85. The zero-order chi connectivity index (χ0) is 13.5. The van der Waals surface area contributed by atoms with E-state index in [0.717, 1.165) is 25.5 Å². The number of aromatic nitrogens is 2. The van der Waals surface area contributed by atoms with Gasteiger partial charge in [-0.3, -0.25) is 4.98 Å². The van der Waals surface area contributed by atoms with Crippen molar-refractivity contribution in [3.63, 3.8) is 0 Å². The van der Waals surface area contributed by atoms with Crippen LogP contribution < -0.4 is 5.32 Å². The predicted octanol–water partition coefficient (Wildman–Crippen LogP) is 2.54. The van der Waals surface area contributed by atoms with Gasteiger partial charge in [-0.2, -0.15) is 0 Å². The lowest BCUT2D eigenvalue weighted by Crippen LogP contribution is -2.16. The molecule has 0 fully saturated rings. The van der Waals surface area contributed by atoms with Crippen molar-refractivity contribution in [3.8, 4) is 0 Å². The SMILES string of the molecule is CCN(C)Cc1cccc(CNc2cnccn2)c1. The maximum atomic E-state index is 4.20. The molecule has 0 saturated carbocycles. The van der Waals surface area contributed by atoms with E-state index < -0.39 is 0 Å². The van der Waals surface area contributed by atoms with Gasteiger partial charge in [0.25, 0.3) is 0 Å². The summed E-state index contributed by atoms with van der Waals surface area (Å²) >= 11 is 0. The Morgan fingerprint density at radius 2 is 2.05 bits per heavy atom. The normalized spacial score (nSPS) is 10.7. The first-order valence-corrected chi connectivity index (χ1v) is 6.54. The zero-order valence-electron chi connectivity index (χ0n) is 11.5. The molecule has 4 nitrogen and oxygen atoms in total. The summed E-state index contributed by atoms with van der Waals surface area (Å²) in [7, 11) is 2.13. The largest absolute Gasteiger partial charge is 0.365 e. The summed E-state index contributed by atoms with van der Waals surface area (Å²) in [5.41, 5.74) is 2.59. The van der Waals surface area contributed by atoms with E-state index in [1.807, 2.05) is 0 Å². The van der Waals surface area contributed by atoms with Gasteiger partial charge in [-0.1, -0.05) is 31.2 Å². The minimum Gasteiger partial charge on any atom is -0.365 e. The smallest absolute Gasteiger partial charge is 0.144 e. The van der Waals surface area contributed by atoms with Crippen molar-refractivity contribution in [3.05, 3.63) is 54.0 Å². The molecule has 2 rings (SSSR count). The minimum atomic E-state index is 0.766. The van der Waals surface area contributed by atoms with Crippen molar-refractivity contribution in [2.45, 2.75) is 20.0 Å². The standard InChI is InChI=1S/C15H20N4/c1-3-19(2)12-14-6-4-5-13(9-14)10-18-15-11-16-7-8-17-15/h4-9,11H,3,10,12H2,1-2H3,(H,17,18). The molecule has 1 heterocycles. The lowest BCUT2D eigenvalue weighted by molar-refractivity contribution is 0.345. The molecular weight excluding hydrogens is 236 g/mol. The van der Waals surface area contributed by atoms with Crippen LogP contribution in [-0.4, -0.2) is 28.5 Å². The van der Waals surface area contributed by atoms with Crippen LogP contribution in [0.3, 0.4) is 0 Å². The summed E-state index contributed by atoms with van der Waals surface area (Å²) in [4.78, 5) is 10.5. The molecular formula is C15H20N4. The molecule has 4 heteroatoms. The molecule has 1 aromatic heterocycles. The van der Waals surface area contributed by atoms with Gasteiger partial charge in [-0.25, -0.2) is 4.98 Å². The monoisotopic (exact) mass is 256 g/mol. The Morgan fingerprint density at radius 3 is 2.79 bits per heavy atom. The molecule has 0 aliphatic carbocycles. The van der Waals surface area contributed by atoms with Crippen molar-refractivity contribution < 1.29 is 0 Å². The van der Waals surface area contributed by atoms with Gasteiger partial charge in [-0.05, 0) is 24.7 Å². The summed E-state index contributed by atoms with van der Waals surface area (Å²) in [5.74, 6) is 0.804. The van der Waals surface area contributed by atoms with Gasteiger partial charge in [0.1, 0.15) is 5.82 Å². The molecule has 0 atom stereocenters. The second-order valence-corrected chi connectivity index (χ2v) is 4.59. The van der Waals surface area contributed by atoms with Crippen molar-refractivity contribution in [2.75, 3.05) is 18.9 Å². The quantitative estimate of drug-likeness (QED) is 0.862. The average Bonchev–Trinajstić information content (AvgIpc) is 2.46. The molecule has 100 valence electrons. The summed E-state index contributed by atoms with van der Waals surface area (Å²) in [6, 6.07) is 8.62. The average molecular weight is 256 g/mol. The summed E-state index contributed by atoms with van der Waals surface area (Å²) in [6.45, 7) is 4.97. The van der Waals surface area contributed by atoms with E-state index in [4.69, 9.17) is 0 Å². The first kappa shape index (κ1) is 13.5. The molecule has 2 aromatic rings. The van der Waals surface area contributed by atoms with Gasteiger partial charge in [0.05, 0.1) is 6.20 Å². The second-order valence-electron chi connectivity index (χ2n) is 4.59. The Hall–Kier alpha value is -1.94. The number of benzene rings is 1. The molecule has 0 aliphatic rings. The Balaban J connectivity index is 1.95. The molecule has 0 unspecified atom stereocenters. The van der Waals surface area contributed by atoms with Gasteiger partial charge in [-0.15, -0.1) is 0 Å². The third-order valence-corrected chi connectivity index (χ3v) is 3.02. The van der Waals surface area contributed by atoms with Crippen LogP contribution in [0.4, 0.5) is 5.82 Å². The third-order valence-electron chi connectivity index (χ3n) is 3.02. The van der Waals surface area contributed by atoms with Crippen LogP contribution in [0.5, 0.6) is 0 Å². The number of rotatable bonds is 6. The summed E-state index contributed by atoms with van der Waals surface area (Å²) < 4.78 is 0. The fourth-order valence-corrected chi connectivity index (χ4v) is 1.84. The van der Waals surface area contributed by atoms with Crippen LogP contribution in [0.15, 0.2) is 42.9 Å². The van der Waals surface area contributed by atoms with E-state index in [-0.39, 0.29) is 0 Å². The third kappa shape index (κ3) is 4.34. The van der Waals surface area contributed by atoms with E-state index in [9.17, 15) is 0 Å². The Kier molecular flexibility index (Phi) is 4.86. The summed E-state index contributed by atoms with van der Waals surface area (Å²) in [5, 5.41) is 3.27. The van der Waals surface area contributed by atoms with Crippen molar-refractivity contribution >= 4 is 5.82 Å². The molecule has 0 spiro atoms. The maximum Gasteiger partial charge on any atom is 0.144 e. The molecule has 1 aromatic carbocycles. The predicted molar refractivity (Wildman–Crippen MR) is 77.8 cm³/mol. The molecule has 0 aliphatic heterocycles. The molecule has 0 amide bonds. The molecule has 19 heavy (non-hydrogen) atoms. The topological polar surface area (TPSA) is 41.0 Å². The van der Waals surface area contributed by atoms with Gasteiger partial charge < -0.3 is 10.2 Å². The highest BCUT2D eigenvalue weighted by atomic mass is 15.1. The number of nitrogens with zero attached hydrogens (tertiary/aromatic N) is 3. The maximum absolute atomic E-state index is 4.20. The van der Waals surface area contributed by atoms with Crippen LogP contribution in [0.2, 0.25) is 0 Å². The molecule has 0 saturated heterocycles. The number of hydrogen-bond acceptors (Lipinski definition) is 4. The van der Waals surface area contributed by atoms with E-state index in [0.29, 0.717) is 0 Å². The zero-order valence-corrected chi connectivity index (χ0v) is 11.5. The Labute approximate surface area is 114 Å². The van der Waals surface area contributed by atoms with E-state index >= 15 is 0 Å². The van der Waals surface area contributed by atoms with Crippen LogP contribution in [0.25, 0.3) is 0 Å². The lowest BCUT2D eigenvalue weighted by Gasteiger charge is -2.14. The fraction of sp³-hybridized carbons (Fsp3) is 0.333. The number of hydrogen-bond donors (Lipinski definition) is 1. The first-order chi connectivity index (χ1) is 9.28. The highest BCUT2D eigenvalue weighted by Gasteiger charge is 2.00. The van der Waals surface area contributed by atoms with Crippen LogP contribution in [-0.2, 0) is 13.1 Å². The molecule has 1 N–H and O–H groups in total. The van der Waals surface area contributed by atoms with Crippen LogP contribution in [0.1, 0.15) is 18.1 Å². The van der Waals surface area contributed by atoms with Crippen LogP contribution in [0, 0.1) is 0 Å². The van der Waals surface area contributed by atoms with Crippen LogP contribution >= 0.6 is 0 Å². The minimum absolute atomic E-state index is 0.766. The molecule has 0 radical (unpaired) electrons. The Morgan fingerprint density at radius 1 is 1.21 bits per heavy atom. The van der Waals surface area contributed by atoms with E-state index in [1.165, 1.54) is 11.1 Å². The van der Waals surface area contributed by atoms with E-state index in [2.05, 4.69) is 58.4 Å². The van der Waals surface area contributed by atoms with Gasteiger partial charge >= 0.3 is 0 Å². The number of nitrogens with one attached hydrogen (secondary N) is 1. The van der Waals surface area contributed by atoms with Gasteiger partial charge in [0.2, 0.25) is 0 Å². The van der Waals surface area contributed by atoms with Crippen molar-refractivity contribution in [1.82, 2.24) is 14.9 Å². The van der Waals surface area contributed by atoms with Crippen molar-refractivity contribution in [1.29, 1.82) is 0 Å². The van der Waals surface area contributed by atoms with Gasteiger partial charge in [0.15, 0.2) is 0 Å². The fourth-order valence-electron chi connectivity index (χ4n) is 1.84.